The second-order valence-electron chi connectivity index (χ2n) is 4.16. The van der Waals surface area contributed by atoms with Crippen molar-refractivity contribution in [2.24, 2.45) is 0 Å². The molecule has 6 nitrogen and oxygen atoms in total. The van der Waals surface area contributed by atoms with E-state index in [0.717, 1.165) is 0 Å². The van der Waals surface area contributed by atoms with Crippen LogP contribution in [0.3, 0.4) is 0 Å². The topological polar surface area (TPSA) is 89.7 Å². The van der Waals surface area contributed by atoms with Crippen molar-refractivity contribution in [2.45, 2.75) is 6.61 Å². The van der Waals surface area contributed by atoms with Crippen molar-refractivity contribution in [3.63, 3.8) is 0 Å². The Morgan fingerprint density at radius 3 is 2.76 bits per heavy atom. The van der Waals surface area contributed by atoms with E-state index in [1.54, 1.807) is 12.1 Å². The van der Waals surface area contributed by atoms with Crippen LogP contribution in [-0.2, 0) is 11.3 Å². The lowest BCUT2D eigenvalue weighted by molar-refractivity contribution is -0.384. The summed E-state index contributed by atoms with van der Waals surface area (Å²) in [6.45, 7) is -0.119. The van der Waals surface area contributed by atoms with Crippen molar-refractivity contribution in [3.8, 4) is 5.75 Å². The smallest absolute Gasteiger partial charge is 0.342 e. The van der Waals surface area contributed by atoms with Gasteiger partial charge in [0.2, 0.25) is 0 Å². The Morgan fingerprint density at radius 2 is 2.05 bits per heavy atom. The highest BCUT2D eigenvalue weighted by Crippen LogP contribution is 2.23. The first-order valence-electron chi connectivity index (χ1n) is 5.86. The van der Waals surface area contributed by atoms with Gasteiger partial charge in [0.05, 0.1) is 4.92 Å². The second kappa shape index (κ2) is 6.36. The van der Waals surface area contributed by atoms with Gasteiger partial charge < -0.3 is 9.84 Å². The number of nitro benzene ring substituents is 1. The van der Waals surface area contributed by atoms with Gasteiger partial charge in [-0.25, -0.2) is 4.79 Å². The Hall–Kier alpha value is -2.41. The Balaban J connectivity index is 2.09. The van der Waals surface area contributed by atoms with Crippen LogP contribution in [0.4, 0.5) is 5.69 Å². The van der Waals surface area contributed by atoms with Crippen LogP contribution >= 0.6 is 15.9 Å². The predicted octanol–water partition coefficient (Wildman–Crippen LogP) is 3.42. The molecule has 0 amide bonds. The number of ether oxygens (including phenoxy) is 1. The number of halogens is 1. The summed E-state index contributed by atoms with van der Waals surface area (Å²) in [7, 11) is 0. The molecule has 0 atom stereocenters. The van der Waals surface area contributed by atoms with Gasteiger partial charge in [-0.3, -0.25) is 10.1 Å². The highest BCUT2D eigenvalue weighted by Gasteiger charge is 2.14. The Kier molecular flexibility index (Phi) is 4.54. The number of nitrogens with zero attached hydrogens (tertiary/aromatic N) is 1. The third-order valence-corrected chi connectivity index (χ3v) is 3.16. The molecule has 0 aliphatic rings. The lowest BCUT2D eigenvalue weighted by atomic mass is 10.2. The molecule has 0 fully saturated rings. The van der Waals surface area contributed by atoms with Gasteiger partial charge in [0, 0.05) is 16.6 Å². The SMILES string of the molecule is O=C(OCc1cccc([N+](=O)[O-])c1)c1cc(Br)ccc1O. The Labute approximate surface area is 128 Å². The molecule has 108 valence electrons. The van der Waals surface area contributed by atoms with Crippen LogP contribution in [0.5, 0.6) is 5.75 Å². The summed E-state index contributed by atoms with van der Waals surface area (Å²) in [5.74, 6) is -0.900. The molecule has 1 N–H and O–H groups in total. The van der Waals surface area contributed by atoms with Crippen molar-refractivity contribution >= 4 is 27.6 Å². The molecule has 2 aromatic rings. The average molecular weight is 352 g/mol. The quantitative estimate of drug-likeness (QED) is 0.517. The number of non-ortho nitro benzene ring substituents is 1. The van der Waals surface area contributed by atoms with E-state index in [2.05, 4.69) is 15.9 Å². The van der Waals surface area contributed by atoms with Crippen LogP contribution in [0.25, 0.3) is 0 Å². The fourth-order valence-corrected chi connectivity index (χ4v) is 2.02. The summed E-state index contributed by atoms with van der Waals surface area (Å²) in [6.07, 6.45) is 0. The first kappa shape index (κ1) is 15.0. The molecule has 0 radical (unpaired) electrons. The molecule has 0 saturated heterocycles. The number of benzene rings is 2. The Bertz CT molecular complexity index is 702. The lowest BCUT2D eigenvalue weighted by Crippen LogP contribution is -2.05. The molecule has 0 saturated carbocycles. The summed E-state index contributed by atoms with van der Waals surface area (Å²) < 4.78 is 5.67. The third-order valence-electron chi connectivity index (χ3n) is 2.67. The number of rotatable bonds is 4. The molecular formula is C14H10BrNO5. The maximum Gasteiger partial charge on any atom is 0.342 e. The van der Waals surface area contributed by atoms with Crippen LogP contribution < -0.4 is 0 Å². The molecule has 0 bridgehead atoms. The summed E-state index contributed by atoms with van der Waals surface area (Å²) in [4.78, 5) is 22.0. The highest BCUT2D eigenvalue weighted by atomic mass is 79.9. The molecule has 7 heteroatoms. The average Bonchev–Trinajstić information content (AvgIpc) is 2.47. The zero-order chi connectivity index (χ0) is 15.4. The molecule has 21 heavy (non-hydrogen) atoms. The molecule has 0 aliphatic carbocycles. The van der Waals surface area contributed by atoms with Crippen molar-refractivity contribution in [3.05, 3.63) is 68.2 Å². The van der Waals surface area contributed by atoms with E-state index in [-0.39, 0.29) is 23.6 Å². The number of carbonyl (C=O) groups is 1. The third kappa shape index (κ3) is 3.79. The molecule has 0 unspecified atom stereocenters. The van der Waals surface area contributed by atoms with E-state index >= 15 is 0 Å². The van der Waals surface area contributed by atoms with E-state index < -0.39 is 10.9 Å². The zero-order valence-electron chi connectivity index (χ0n) is 10.7. The first-order valence-corrected chi connectivity index (χ1v) is 6.65. The summed E-state index contributed by atoms with van der Waals surface area (Å²) in [6, 6.07) is 10.2. The van der Waals surface area contributed by atoms with Crippen molar-refractivity contribution in [1.29, 1.82) is 0 Å². The van der Waals surface area contributed by atoms with E-state index in [1.807, 2.05) is 0 Å². The number of hydrogen-bond acceptors (Lipinski definition) is 5. The number of phenols is 1. The molecular weight excluding hydrogens is 342 g/mol. The largest absolute Gasteiger partial charge is 0.507 e. The lowest BCUT2D eigenvalue weighted by Gasteiger charge is -2.07. The van der Waals surface area contributed by atoms with E-state index in [9.17, 15) is 20.0 Å². The molecule has 0 spiro atoms. The van der Waals surface area contributed by atoms with Gasteiger partial charge in [0.1, 0.15) is 17.9 Å². The van der Waals surface area contributed by atoms with Crippen molar-refractivity contribution in [2.75, 3.05) is 0 Å². The van der Waals surface area contributed by atoms with Gasteiger partial charge in [0.15, 0.2) is 0 Å². The normalized spacial score (nSPS) is 10.1. The van der Waals surface area contributed by atoms with Crippen LogP contribution in [0.15, 0.2) is 46.9 Å². The summed E-state index contributed by atoms with van der Waals surface area (Å²) in [5.41, 5.74) is 0.440. The van der Waals surface area contributed by atoms with Gasteiger partial charge >= 0.3 is 5.97 Å². The van der Waals surface area contributed by atoms with Crippen LogP contribution in [-0.4, -0.2) is 16.0 Å². The standard InChI is InChI=1S/C14H10BrNO5/c15-10-4-5-13(17)12(7-10)14(18)21-8-9-2-1-3-11(6-9)16(19)20/h1-7,17H,8H2. The van der Waals surface area contributed by atoms with E-state index in [4.69, 9.17) is 4.74 Å². The summed E-state index contributed by atoms with van der Waals surface area (Å²) in [5, 5.41) is 20.3. The number of nitro groups is 1. The molecule has 0 aliphatic heterocycles. The highest BCUT2D eigenvalue weighted by molar-refractivity contribution is 9.10. The van der Waals surface area contributed by atoms with E-state index in [1.165, 1.54) is 30.3 Å². The van der Waals surface area contributed by atoms with Gasteiger partial charge in [-0.1, -0.05) is 28.1 Å². The number of esters is 1. The Morgan fingerprint density at radius 1 is 1.29 bits per heavy atom. The minimum Gasteiger partial charge on any atom is -0.507 e. The van der Waals surface area contributed by atoms with Gasteiger partial charge in [-0.15, -0.1) is 0 Å². The zero-order valence-corrected chi connectivity index (χ0v) is 12.2. The van der Waals surface area contributed by atoms with Crippen molar-refractivity contribution < 1.29 is 19.6 Å². The number of carbonyl (C=O) groups excluding carboxylic acids is 1. The maximum absolute atomic E-state index is 11.9. The molecule has 2 rings (SSSR count). The molecule has 0 heterocycles. The second-order valence-corrected chi connectivity index (χ2v) is 5.08. The maximum atomic E-state index is 11.9. The monoisotopic (exact) mass is 351 g/mol. The predicted molar refractivity (Wildman–Crippen MR) is 78.0 cm³/mol. The van der Waals surface area contributed by atoms with Gasteiger partial charge in [-0.05, 0) is 23.8 Å². The fourth-order valence-electron chi connectivity index (χ4n) is 1.66. The fraction of sp³-hybridized carbons (Fsp3) is 0.0714. The number of phenolic OH excluding ortho intramolecular Hbond substituents is 1. The number of hydrogen-bond donors (Lipinski definition) is 1. The summed E-state index contributed by atoms with van der Waals surface area (Å²) >= 11 is 3.19. The molecule has 2 aromatic carbocycles. The first-order chi connectivity index (χ1) is 9.97. The van der Waals surface area contributed by atoms with Crippen molar-refractivity contribution in [1.82, 2.24) is 0 Å². The van der Waals surface area contributed by atoms with E-state index in [0.29, 0.717) is 10.0 Å². The van der Waals surface area contributed by atoms with Crippen LogP contribution in [0.1, 0.15) is 15.9 Å². The van der Waals surface area contributed by atoms with Gasteiger partial charge in [-0.2, -0.15) is 0 Å². The van der Waals surface area contributed by atoms with Crippen LogP contribution in [0, 0.1) is 10.1 Å². The van der Waals surface area contributed by atoms with Crippen LogP contribution in [0.2, 0.25) is 0 Å². The molecule has 0 aromatic heterocycles. The minimum atomic E-state index is -0.708. The number of aromatic hydroxyl groups is 1. The van der Waals surface area contributed by atoms with Gasteiger partial charge in [0.25, 0.3) is 5.69 Å². The minimum absolute atomic E-state index is 0.0230.